The third kappa shape index (κ3) is 3.96. The van der Waals surface area contributed by atoms with Gasteiger partial charge in [-0.3, -0.25) is 4.90 Å². The summed E-state index contributed by atoms with van der Waals surface area (Å²) in [4.78, 5) is 18.7. The molecule has 3 heterocycles. The summed E-state index contributed by atoms with van der Waals surface area (Å²) in [5.41, 5.74) is 2.00. The number of nitrogens with one attached hydrogen (secondary N) is 2. The maximum absolute atomic E-state index is 11.1. The van der Waals surface area contributed by atoms with E-state index < -0.39 is 26.4 Å². The molecular weight excluding hydrogens is 456 g/mol. The van der Waals surface area contributed by atoms with Crippen LogP contribution in [-0.2, 0) is 5.79 Å². The molecule has 6 N–H and O–H groups in total. The normalized spacial score (nSPS) is 19.0. The molecule has 34 heavy (non-hydrogen) atoms. The van der Waals surface area contributed by atoms with Crippen molar-refractivity contribution in [2.75, 3.05) is 13.6 Å². The van der Waals surface area contributed by atoms with Crippen LogP contribution >= 0.6 is 8.60 Å². The number of rotatable bonds is 7. The Balaban J connectivity index is 1.47. The molecule has 0 saturated carbocycles. The first-order chi connectivity index (χ1) is 16.3. The van der Waals surface area contributed by atoms with Crippen molar-refractivity contribution in [3.63, 3.8) is 0 Å². The molecule has 1 aliphatic rings. The van der Waals surface area contributed by atoms with Crippen molar-refractivity contribution in [3.05, 3.63) is 59.9 Å². The Bertz CT molecular complexity index is 1320. The fourth-order valence-electron chi connectivity index (χ4n) is 4.79. The van der Waals surface area contributed by atoms with Crippen LogP contribution in [0.5, 0.6) is 11.5 Å². The third-order valence-electron chi connectivity index (χ3n) is 6.42. The molecule has 9 nitrogen and oxygen atoms in total. The van der Waals surface area contributed by atoms with Crippen molar-refractivity contribution < 1.29 is 29.3 Å². The van der Waals surface area contributed by atoms with Gasteiger partial charge in [0, 0.05) is 45.9 Å². The molecule has 4 aromatic rings. The molecule has 0 spiro atoms. The van der Waals surface area contributed by atoms with E-state index in [2.05, 4.69) is 9.97 Å². The number of aromatic nitrogens is 2. The van der Waals surface area contributed by atoms with E-state index in [1.807, 2.05) is 11.9 Å². The van der Waals surface area contributed by atoms with E-state index in [1.54, 1.807) is 48.8 Å². The first kappa shape index (κ1) is 23.2. The number of hydrogen-bond acceptors (Lipinski definition) is 7. The Morgan fingerprint density at radius 2 is 1.68 bits per heavy atom. The molecule has 11 heteroatoms. The Kier molecular flexibility index (Phi) is 6.06. The summed E-state index contributed by atoms with van der Waals surface area (Å²) in [6.07, 6.45) is 4.65. The summed E-state index contributed by atoms with van der Waals surface area (Å²) in [6, 6.07) is 8.62. The van der Waals surface area contributed by atoms with E-state index in [9.17, 15) is 20.2 Å². The highest BCUT2D eigenvalue weighted by Crippen LogP contribution is 2.45. The fraction of sp³-hybridized carbons (Fsp3) is 0.304. The standard InChI is InChI=1S/C23H25BN3O6P/c1-27-10-4-9-19(27)23(29,30)14-12-26-16-6-3-8-18(21(14)16)33-34(31)32-17-7-2-5-15-20(17)13(11-25-15)22(24)28/h2-3,5-8,11-12,19,22,25-26,28-31H,4,9-10H2,1H3/t19-,22?,34?/m1/s1. The number of benzene rings is 2. The van der Waals surface area contributed by atoms with E-state index in [4.69, 9.17) is 16.9 Å². The van der Waals surface area contributed by atoms with Crippen molar-refractivity contribution in [2.24, 2.45) is 0 Å². The van der Waals surface area contributed by atoms with Gasteiger partial charge in [-0.2, -0.15) is 0 Å². The molecule has 2 aromatic heterocycles. The third-order valence-corrected chi connectivity index (χ3v) is 7.12. The number of H-pyrrole nitrogens is 2. The van der Waals surface area contributed by atoms with Gasteiger partial charge >= 0.3 is 8.60 Å². The van der Waals surface area contributed by atoms with Gasteiger partial charge in [0.1, 0.15) is 19.3 Å². The zero-order valence-electron chi connectivity index (χ0n) is 18.5. The molecular formula is C23H25BN3O6P. The fourth-order valence-corrected chi connectivity index (χ4v) is 5.47. The zero-order valence-corrected chi connectivity index (χ0v) is 19.4. The molecule has 2 unspecified atom stereocenters. The second kappa shape index (κ2) is 8.89. The SMILES string of the molecule is [B]C(O)c1c[nH]c2cccc(OP(O)Oc3cccc4[nH]cc(C(O)(O)[C@H]5CCCN5C)c34)c12. The van der Waals surface area contributed by atoms with Gasteiger partial charge in [-0.05, 0) is 50.7 Å². The number of likely N-dealkylation sites (N-methyl/N-ethyl adjacent to an activating group) is 1. The first-order valence-electron chi connectivity index (χ1n) is 10.9. The second-order valence-corrected chi connectivity index (χ2v) is 9.37. The molecule has 5 rings (SSSR count). The minimum atomic E-state index is -2.46. The molecule has 1 saturated heterocycles. The molecule has 176 valence electrons. The highest BCUT2D eigenvalue weighted by Gasteiger charge is 2.43. The van der Waals surface area contributed by atoms with Gasteiger partial charge < -0.3 is 39.2 Å². The number of hydrogen-bond donors (Lipinski definition) is 6. The lowest BCUT2D eigenvalue weighted by atomic mass is 9.92. The molecule has 2 aromatic carbocycles. The van der Waals surface area contributed by atoms with Crippen LogP contribution in [0.4, 0.5) is 0 Å². The number of likely N-dealkylation sites (tertiary alicyclic amines) is 1. The van der Waals surface area contributed by atoms with Gasteiger partial charge in [0.15, 0.2) is 0 Å². The topological polar surface area (TPSA) is 134 Å². The highest BCUT2D eigenvalue weighted by atomic mass is 31.2. The van der Waals surface area contributed by atoms with Crippen LogP contribution in [-0.4, -0.2) is 62.6 Å². The van der Waals surface area contributed by atoms with Crippen LogP contribution in [0.2, 0.25) is 0 Å². The van der Waals surface area contributed by atoms with E-state index >= 15 is 0 Å². The van der Waals surface area contributed by atoms with Crippen LogP contribution in [0.15, 0.2) is 48.8 Å². The average molecular weight is 481 g/mol. The monoisotopic (exact) mass is 481 g/mol. The van der Waals surface area contributed by atoms with Crippen LogP contribution in [0.1, 0.15) is 30.0 Å². The Hall–Kier alpha value is -2.59. The molecule has 0 amide bonds. The summed E-state index contributed by atoms with van der Waals surface area (Å²) < 4.78 is 11.5. The number of aliphatic hydroxyl groups excluding tert-OH is 1. The van der Waals surface area contributed by atoms with Gasteiger partial charge in [-0.15, -0.1) is 0 Å². The molecule has 0 bridgehead atoms. The van der Waals surface area contributed by atoms with E-state index in [0.29, 0.717) is 39.5 Å². The van der Waals surface area contributed by atoms with Crippen molar-refractivity contribution in [2.45, 2.75) is 30.7 Å². The van der Waals surface area contributed by atoms with Crippen LogP contribution in [0, 0.1) is 0 Å². The average Bonchev–Trinajstić information content (AvgIpc) is 3.52. The van der Waals surface area contributed by atoms with Crippen LogP contribution in [0.25, 0.3) is 21.8 Å². The first-order valence-corrected chi connectivity index (χ1v) is 12.0. The van der Waals surface area contributed by atoms with Gasteiger partial charge in [0.05, 0.1) is 11.4 Å². The van der Waals surface area contributed by atoms with E-state index in [-0.39, 0.29) is 11.3 Å². The lowest BCUT2D eigenvalue weighted by Gasteiger charge is -2.33. The van der Waals surface area contributed by atoms with Crippen molar-refractivity contribution in [1.29, 1.82) is 0 Å². The van der Waals surface area contributed by atoms with Gasteiger partial charge in [-0.1, -0.05) is 12.1 Å². The van der Waals surface area contributed by atoms with Gasteiger partial charge in [0.25, 0.3) is 0 Å². The Labute approximate surface area is 198 Å². The van der Waals surface area contributed by atoms with Gasteiger partial charge in [0.2, 0.25) is 5.79 Å². The summed E-state index contributed by atoms with van der Waals surface area (Å²) >= 11 is 0. The smallest absolute Gasteiger partial charge is 0.417 e. The maximum atomic E-state index is 11.1. The predicted molar refractivity (Wildman–Crippen MR) is 129 cm³/mol. The molecule has 2 radical (unpaired) electrons. The van der Waals surface area contributed by atoms with Crippen molar-refractivity contribution in [1.82, 2.24) is 14.9 Å². The Morgan fingerprint density at radius 3 is 2.29 bits per heavy atom. The largest absolute Gasteiger partial charge is 0.460 e. The summed E-state index contributed by atoms with van der Waals surface area (Å²) in [6.45, 7) is 0.777. The zero-order chi connectivity index (χ0) is 24.0. The number of nitrogens with zero attached hydrogens (tertiary/aromatic N) is 1. The maximum Gasteiger partial charge on any atom is 0.460 e. The lowest BCUT2D eigenvalue weighted by Crippen LogP contribution is -2.45. The summed E-state index contributed by atoms with van der Waals surface area (Å²) in [7, 11) is 5.05. The second-order valence-electron chi connectivity index (χ2n) is 8.53. The summed E-state index contributed by atoms with van der Waals surface area (Å²) in [5, 5.41) is 33.1. The van der Waals surface area contributed by atoms with Crippen LogP contribution in [0.3, 0.4) is 0 Å². The highest BCUT2D eigenvalue weighted by molar-refractivity contribution is 7.41. The van der Waals surface area contributed by atoms with Crippen molar-refractivity contribution >= 4 is 38.3 Å². The predicted octanol–water partition coefficient (Wildman–Crippen LogP) is 2.72. The van der Waals surface area contributed by atoms with Gasteiger partial charge in [-0.25, -0.2) is 0 Å². The van der Waals surface area contributed by atoms with Crippen molar-refractivity contribution in [3.8, 4) is 11.5 Å². The lowest BCUT2D eigenvalue weighted by molar-refractivity contribution is -0.206. The molecule has 1 fully saturated rings. The molecule has 3 atom stereocenters. The van der Waals surface area contributed by atoms with Crippen LogP contribution < -0.4 is 9.05 Å². The van der Waals surface area contributed by atoms with E-state index in [1.165, 1.54) is 0 Å². The minimum Gasteiger partial charge on any atom is -0.417 e. The number of aliphatic hydroxyl groups is 3. The number of aromatic amines is 2. The minimum absolute atomic E-state index is 0.246. The Morgan fingerprint density at radius 1 is 1.06 bits per heavy atom. The molecule has 0 aliphatic carbocycles. The molecule has 1 aliphatic heterocycles. The quantitative estimate of drug-likeness (QED) is 0.136. The summed E-state index contributed by atoms with van der Waals surface area (Å²) in [5.74, 6) is -1.58. The van der Waals surface area contributed by atoms with E-state index in [0.717, 1.165) is 13.0 Å². The number of fused-ring (bicyclic) bond motifs is 2.